The van der Waals surface area contributed by atoms with E-state index in [0.717, 1.165) is 18.7 Å². The Morgan fingerprint density at radius 2 is 2.11 bits per heavy atom. The molecular weight excluding hydrogens is 228 g/mol. The molecule has 0 atom stereocenters. The van der Waals surface area contributed by atoms with Gasteiger partial charge in [-0.3, -0.25) is 0 Å². The van der Waals surface area contributed by atoms with Gasteiger partial charge in [-0.2, -0.15) is 4.98 Å². The largest absolute Gasteiger partial charge is 0.478 e. The quantitative estimate of drug-likeness (QED) is 0.776. The molecule has 3 N–H and O–H groups in total. The molecule has 0 aliphatic rings. The number of hydrogen-bond acceptors (Lipinski definition) is 5. The molecule has 18 heavy (non-hydrogen) atoms. The maximum absolute atomic E-state index is 5.59. The van der Waals surface area contributed by atoms with Crippen molar-refractivity contribution >= 4 is 5.95 Å². The third kappa shape index (κ3) is 4.87. The second-order valence-electron chi connectivity index (χ2n) is 5.16. The first-order chi connectivity index (χ1) is 8.46. The molecule has 102 valence electrons. The van der Waals surface area contributed by atoms with E-state index in [2.05, 4.69) is 29.1 Å². The normalized spacial score (nSPS) is 11.4. The van der Waals surface area contributed by atoms with E-state index in [1.807, 2.05) is 19.9 Å². The number of aromatic nitrogens is 2. The number of rotatable bonds is 7. The van der Waals surface area contributed by atoms with Crippen LogP contribution in [0.4, 0.5) is 5.95 Å². The topological polar surface area (TPSA) is 73.1 Å². The molecule has 0 saturated carbocycles. The van der Waals surface area contributed by atoms with Crippen molar-refractivity contribution in [3.63, 3.8) is 0 Å². The third-order valence-electron chi connectivity index (χ3n) is 2.67. The van der Waals surface area contributed by atoms with Crippen molar-refractivity contribution in [1.82, 2.24) is 9.97 Å². The number of anilines is 1. The fourth-order valence-electron chi connectivity index (χ4n) is 1.64. The van der Waals surface area contributed by atoms with Gasteiger partial charge in [0.15, 0.2) is 0 Å². The Morgan fingerprint density at radius 1 is 1.39 bits per heavy atom. The molecule has 1 aromatic heterocycles. The van der Waals surface area contributed by atoms with Crippen LogP contribution < -0.4 is 15.8 Å². The molecule has 0 unspecified atom stereocenters. The van der Waals surface area contributed by atoms with E-state index in [9.17, 15) is 0 Å². The van der Waals surface area contributed by atoms with Crippen LogP contribution in [0, 0.1) is 12.3 Å². The van der Waals surface area contributed by atoms with Gasteiger partial charge in [0.1, 0.15) is 0 Å². The number of ether oxygens (including phenoxy) is 1. The summed E-state index contributed by atoms with van der Waals surface area (Å²) in [6.07, 6.45) is 0.962. The van der Waals surface area contributed by atoms with Crippen LogP contribution in [-0.4, -0.2) is 29.7 Å². The lowest BCUT2D eigenvalue weighted by Gasteiger charge is -2.24. The Balaban J connectivity index is 2.66. The van der Waals surface area contributed by atoms with Gasteiger partial charge < -0.3 is 15.8 Å². The smallest absolute Gasteiger partial charge is 0.226 e. The van der Waals surface area contributed by atoms with Gasteiger partial charge in [-0.05, 0) is 32.2 Å². The highest BCUT2D eigenvalue weighted by Crippen LogP contribution is 2.20. The lowest BCUT2D eigenvalue weighted by atomic mass is 9.89. The highest BCUT2D eigenvalue weighted by atomic mass is 16.5. The zero-order valence-electron chi connectivity index (χ0n) is 11.8. The van der Waals surface area contributed by atoms with Crippen LogP contribution in [0.5, 0.6) is 5.88 Å². The Hall–Kier alpha value is -1.36. The minimum atomic E-state index is 0.133. The molecule has 0 radical (unpaired) electrons. The summed E-state index contributed by atoms with van der Waals surface area (Å²) < 4.78 is 5.40. The molecule has 0 aliphatic heterocycles. The van der Waals surface area contributed by atoms with Crippen molar-refractivity contribution in [3.8, 4) is 5.88 Å². The van der Waals surface area contributed by atoms with E-state index in [4.69, 9.17) is 10.5 Å². The van der Waals surface area contributed by atoms with Gasteiger partial charge in [-0.1, -0.05) is 13.8 Å². The van der Waals surface area contributed by atoms with Gasteiger partial charge in [0, 0.05) is 18.3 Å². The van der Waals surface area contributed by atoms with Crippen LogP contribution in [0.15, 0.2) is 6.07 Å². The van der Waals surface area contributed by atoms with Crippen molar-refractivity contribution in [2.75, 3.05) is 25.0 Å². The molecule has 0 aromatic carbocycles. The van der Waals surface area contributed by atoms with Crippen LogP contribution >= 0.6 is 0 Å². The molecule has 0 amide bonds. The molecule has 1 rings (SSSR count). The first kappa shape index (κ1) is 14.7. The highest BCUT2D eigenvalue weighted by molar-refractivity contribution is 5.30. The average molecular weight is 252 g/mol. The molecular formula is C13H24N4O. The van der Waals surface area contributed by atoms with Crippen LogP contribution in [0.2, 0.25) is 0 Å². The maximum Gasteiger partial charge on any atom is 0.226 e. The van der Waals surface area contributed by atoms with Gasteiger partial charge >= 0.3 is 0 Å². The summed E-state index contributed by atoms with van der Waals surface area (Å²) in [6.45, 7) is 10.3. The summed E-state index contributed by atoms with van der Waals surface area (Å²) in [7, 11) is 0. The Bertz CT molecular complexity index is 379. The van der Waals surface area contributed by atoms with E-state index >= 15 is 0 Å². The Kier molecular flexibility index (Phi) is 5.34. The summed E-state index contributed by atoms with van der Waals surface area (Å²) in [5.74, 6) is 1.23. The SMILES string of the molecule is CCOc1cc(C)nc(NCC(C)(C)CCN)n1. The lowest BCUT2D eigenvalue weighted by molar-refractivity contribution is 0.325. The van der Waals surface area contributed by atoms with Crippen molar-refractivity contribution in [2.45, 2.75) is 34.1 Å². The van der Waals surface area contributed by atoms with E-state index in [0.29, 0.717) is 25.0 Å². The standard InChI is InChI=1S/C13H24N4O/c1-5-18-11-8-10(2)16-12(17-11)15-9-13(3,4)6-7-14/h8H,5-7,9,14H2,1-4H3,(H,15,16,17). The molecule has 0 spiro atoms. The summed E-state index contributed by atoms with van der Waals surface area (Å²) in [5.41, 5.74) is 6.62. The number of aryl methyl sites for hydroxylation is 1. The van der Waals surface area contributed by atoms with Crippen molar-refractivity contribution in [3.05, 3.63) is 11.8 Å². The first-order valence-corrected chi connectivity index (χ1v) is 6.39. The van der Waals surface area contributed by atoms with Crippen LogP contribution in [-0.2, 0) is 0 Å². The third-order valence-corrected chi connectivity index (χ3v) is 2.67. The maximum atomic E-state index is 5.59. The summed E-state index contributed by atoms with van der Waals surface area (Å²) in [4.78, 5) is 8.66. The fourth-order valence-corrected chi connectivity index (χ4v) is 1.64. The molecule has 0 fully saturated rings. The van der Waals surface area contributed by atoms with Gasteiger partial charge in [0.25, 0.3) is 0 Å². The molecule has 1 heterocycles. The van der Waals surface area contributed by atoms with Crippen molar-refractivity contribution < 1.29 is 4.74 Å². The summed E-state index contributed by atoms with van der Waals surface area (Å²) in [5, 5.41) is 3.25. The number of hydrogen-bond donors (Lipinski definition) is 2. The van der Waals surface area contributed by atoms with Gasteiger partial charge in [0.05, 0.1) is 6.61 Å². The van der Waals surface area contributed by atoms with E-state index in [1.54, 1.807) is 0 Å². The molecule has 0 saturated heterocycles. The predicted molar refractivity (Wildman–Crippen MR) is 73.9 cm³/mol. The molecule has 5 nitrogen and oxygen atoms in total. The number of nitrogens with zero attached hydrogens (tertiary/aromatic N) is 2. The first-order valence-electron chi connectivity index (χ1n) is 6.39. The minimum Gasteiger partial charge on any atom is -0.478 e. The molecule has 1 aromatic rings. The molecule has 0 bridgehead atoms. The second kappa shape index (κ2) is 6.54. The monoisotopic (exact) mass is 252 g/mol. The summed E-state index contributed by atoms with van der Waals surface area (Å²) in [6, 6.07) is 1.83. The van der Waals surface area contributed by atoms with Gasteiger partial charge in [-0.25, -0.2) is 4.98 Å². The zero-order valence-corrected chi connectivity index (χ0v) is 11.8. The summed E-state index contributed by atoms with van der Waals surface area (Å²) >= 11 is 0. The predicted octanol–water partition coefficient (Wildman–Crippen LogP) is 1.97. The van der Waals surface area contributed by atoms with E-state index in [-0.39, 0.29) is 5.41 Å². The Labute approximate surface area is 109 Å². The average Bonchev–Trinajstić information content (AvgIpc) is 2.26. The van der Waals surface area contributed by atoms with Crippen LogP contribution in [0.3, 0.4) is 0 Å². The van der Waals surface area contributed by atoms with Crippen LogP contribution in [0.1, 0.15) is 32.9 Å². The van der Waals surface area contributed by atoms with Crippen LogP contribution in [0.25, 0.3) is 0 Å². The van der Waals surface area contributed by atoms with E-state index < -0.39 is 0 Å². The van der Waals surface area contributed by atoms with Crippen molar-refractivity contribution in [2.24, 2.45) is 11.1 Å². The molecule has 0 aliphatic carbocycles. The lowest BCUT2D eigenvalue weighted by Crippen LogP contribution is -2.26. The van der Waals surface area contributed by atoms with E-state index in [1.165, 1.54) is 0 Å². The van der Waals surface area contributed by atoms with Gasteiger partial charge in [0.2, 0.25) is 11.8 Å². The molecule has 5 heteroatoms. The van der Waals surface area contributed by atoms with Gasteiger partial charge in [-0.15, -0.1) is 0 Å². The fraction of sp³-hybridized carbons (Fsp3) is 0.692. The number of nitrogens with one attached hydrogen (secondary N) is 1. The minimum absolute atomic E-state index is 0.133. The second-order valence-corrected chi connectivity index (χ2v) is 5.16. The zero-order chi connectivity index (χ0) is 13.6. The number of nitrogens with two attached hydrogens (primary N) is 1. The van der Waals surface area contributed by atoms with Crippen molar-refractivity contribution in [1.29, 1.82) is 0 Å². The Morgan fingerprint density at radius 3 is 2.72 bits per heavy atom. The highest BCUT2D eigenvalue weighted by Gasteiger charge is 2.17.